The molecule has 282 valence electrons. The topological polar surface area (TPSA) is 23.0 Å². The molecule has 3 nitrogen and oxygen atoms in total. The maximum atomic E-state index is 6.79. The Labute approximate surface area is 348 Å². The summed E-state index contributed by atoms with van der Waals surface area (Å²) in [6.45, 7) is 0. The number of benzene rings is 9. The number of fused-ring (bicyclic) bond motifs is 8. The van der Waals surface area contributed by atoms with Crippen molar-refractivity contribution in [1.29, 1.82) is 0 Å². The van der Waals surface area contributed by atoms with Crippen molar-refractivity contribution in [3.8, 4) is 22.5 Å². The van der Waals surface area contributed by atoms with Crippen LogP contribution in [-0.2, 0) is 0 Å². The molecule has 12 aromatic rings. The standard InChI is InChI=1S/C56H38N2OSi/c1-4-16-41(17-5-1)58-53-27-15-12-24-49(53)55-50-37-30-40(38-54(50)59-56(55)58)39-28-33-45(34-29-39)60(43-18-6-2-7-19-43,44-20-8-3-9-21-44)46-35-31-42(32-36-46)57-51-25-13-10-22-47(51)48-23-11-14-26-52(48)57/h1-38H. The number of hydrogen-bond donors (Lipinski definition) is 0. The molecule has 0 fully saturated rings. The van der Waals surface area contributed by atoms with Crippen LogP contribution in [0.4, 0.5) is 0 Å². The van der Waals surface area contributed by atoms with Crippen LogP contribution in [0.25, 0.3) is 77.3 Å². The van der Waals surface area contributed by atoms with Crippen LogP contribution < -0.4 is 20.7 Å². The van der Waals surface area contributed by atoms with Crippen LogP contribution in [0.3, 0.4) is 0 Å². The Bertz CT molecular complexity index is 3420. The molecular formula is C56H38N2OSi. The lowest BCUT2D eigenvalue weighted by atomic mass is 10.0. The molecule has 0 spiro atoms. The van der Waals surface area contributed by atoms with E-state index in [4.69, 9.17) is 4.42 Å². The molecule has 3 aromatic heterocycles. The molecule has 0 bridgehead atoms. The van der Waals surface area contributed by atoms with Crippen molar-refractivity contribution >= 4 is 83.6 Å². The van der Waals surface area contributed by atoms with Crippen LogP contribution in [0.15, 0.2) is 235 Å². The molecule has 60 heavy (non-hydrogen) atoms. The van der Waals surface area contributed by atoms with E-state index in [0.29, 0.717) is 0 Å². The van der Waals surface area contributed by atoms with Crippen molar-refractivity contribution in [1.82, 2.24) is 9.13 Å². The average molecular weight is 783 g/mol. The summed E-state index contributed by atoms with van der Waals surface area (Å²) < 4.78 is 11.4. The predicted octanol–water partition coefficient (Wildman–Crippen LogP) is 11.7. The van der Waals surface area contributed by atoms with Gasteiger partial charge in [0.2, 0.25) is 5.71 Å². The number of aromatic nitrogens is 2. The summed E-state index contributed by atoms with van der Waals surface area (Å²) in [6, 6.07) is 84.3. The second-order valence-electron chi connectivity index (χ2n) is 15.7. The lowest BCUT2D eigenvalue weighted by Crippen LogP contribution is -2.74. The van der Waals surface area contributed by atoms with Gasteiger partial charge in [-0.25, -0.2) is 0 Å². The zero-order chi connectivity index (χ0) is 39.6. The van der Waals surface area contributed by atoms with Crippen molar-refractivity contribution in [2.45, 2.75) is 0 Å². The third kappa shape index (κ3) is 5.14. The molecule has 0 aliphatic carbocycles. The van der Waals surface area contributed by atoms with E-state index >= 15 is 0 Å². The van der Waals surface area contributed by atoms with E-state index in [1.54, 1.807) is 0 Å². The summed E-state index contributed by atoms with van der Waals surface area (Å²) in [4.78, 5) is 0. The quantitative estimate of drug-likeness (QED) is 0.117. The fourth-order valence-corrected chi connectivity index (χ4v) is 14.6. The monoisotopic (exact) mass is 782 g/mol. The van der Waals surface area contributed by atoms with Gasteiger partial charge < -0.3 is 8.98 Å². The number of para-hydroxylation sites is 4. The first-order valence-corrected chi connectivity index (χ1v) is 22.6. The molecule has 12 rings (SSSR count). The zero-order valence-electron chi connectivity index (χ0n) is 32.7. The third-order valence-corrected chi connectivity index (χ3v) is 17.3. The Balaban J connectivity index is 1.00. The van der Waals surface area contributed by atoms with Gasteiger partial charge in [-0.05, 0) is 86.5 Å². The van der Waals surface area contributed by atoms with Crippen LogP contribution in [0.1, 0.15) is 0 Å². The van der Waals surface area contributed by atoms with Gasteiger partial charge in [-0.15, -0.1) is 0 Å². The minimum atomic E-state index is -2.79. The van der Waals surface area contributed by atoms with Gasteiger partial charge in [0, 0.05) is 32.9 Å². The number of hydrogen-bond acceptors (Lipinski definition) is 1. The summed E-state index contributed by atoms with van der Waals surface area (Å²) in [5.41, 5.74) is 9.86. The molecular weight excluding hydrogens is 745 g/mol. The fourth-order valence-electron chi connectivity index (χ4n) is 9.85. The smallest absolute Gasteiger partial charge is 0.213 e. The molecule has 0 radical (unpaired) electrons. The van der Waals surface area contributed by atoms with Crippen molar-refractivity contribution in [2.24, 2.45) is 0 Å². The molecule has 3 heterocycles. The average Bonchev–Trinajstić information content (AvgIpc) is 3.97. The lowest BCUT2D eigenvalue weighted by molar-refractivity contribution is 0.645. The van der Waals surface area contributed by atoms with E-state index in [1.807, 2.05) is 0 Å². The van der Waals surface area contributed by atoms with E-state index < -0.39 is 8.07 Å². The maximum Gasteiger partial charge on any atom is 0.213 e. The van der Waals surface area contributed by atoms with Gasteiger partial charge in [0.15, 0.2) is 8.07 Å². The first kappa shape index (κ1) is 34.4. The van der Waals surface area contributed by atoms with E-state index in [0.717, 1.165) is 50.1 Å². The SMILES string of the molecule is c1ccc(-n2c3ccccc3c3c4ccc(-c5ccc([Si](c6ccccc6)(c6ccccc6)c6ccc(-n7c8ccccc8c8ccccc87)cc6)cc5)cc4oc32)cc1. The van der Waals surface area contributed by atoms with E-state index in [1.165, 1.54) is 47.9 Å². The summed E-state index contributed by atoms with van der Waals surface area (Å²) >= 11 is 0. The second-order valence-corrected chi connectivity index (χ2v) is 19.5. The van der Waals surface area contributed by atoms with Crippen LogP contribution in [0, 0.1) is 0 Å². The normalized spacial score (nSPS) is 12.0. The van der Waals surface area contributed by atoms with Gasteiger partial charge >= 0.3 is 0 Å². The van der Waals surface area contributed by atoms with Gasteiger partial charge in [-0.3, -0.25) is 4.57 Å². The van der Waals surface area contributed by atoms with E-state index in [9.17, 15) is 0 Å². The highest BCUT2D eigenvalue weighted by Crippen LogP contribution is 2.40. The Morgan fingerprint density at radius 2 is 0.750 bits per heavy atom. The maximum absolute atomic E-state index is 6.79. The highest BCUT2D eigenvalue weighted by atomic mass is 28.3. The summed E-state index contributed by atoms with van der Waals surface area (Å²) in [5.74, 6) is 0. The lowest BCUT2D eigenvalue weighted by Gasteiger charge is -2.34. The van der Waals surface area contributed by atoms with Gasteiger partial charge in [0.25, 0.3) is 0 Å². The molecule has 0 saturated heterocycles. The number of nitrogens with zero attached hydrogens (tertiary/aromatic N) is 2. The van der Waals surface area contributed by atoms with Crippen LogP contribution in [0.5, 0.6) is 0 Å². The Kier molecular flexibility index (Phi) is 7.87. The molecule has 0 aliphatic heterocycles. The molecule has 0 saturated carbocycles. The molecule has 0 amide bonds. The Morgan fingerprint density at radius 3 is 1.33 bits per heavy atom. The van der Waals surface area contributed by atoms with Gasteiger partial charge in [-0.1, -0.05) is 176 Å². The molecule has 0 N–H and O–H groups in total. The summed E-state index contributed by atoms with van der Waals surface area (Å²) in [6.07, 6.45) is 0. The minimum Gasteiger partial charge on any atom is -0.439 e. The summed E-state index contributed by atoms with van der Waals surface area (Å²) in [7, 11) is -2.79. The van der Waals surface area contributed by atoms with Gasteiger partial charge in [0.1, 0.15) is 5.58 Å². The molecule has 0 aliphatic rings. The molecule has 0 unspecified atom stereocenters. The third-order valence-electron chi connectivity index (χ3n) is 12.5. The highest BCUT2D eigenvalue weighted by molar-refractivity contribution is 7.19. The largest absolute Gasteiger partial charge is 0.439 e. The van der Waals surface area contributed by atoms with Crippen molar-refractivity contribution in [2.75, 3.05) is 0 Å². The second kappa shape index (κ2) is 13.7. The zero-order valence-corrected chi connectivity index (χ0v) is 33.7. The minimum absolute atomic E-state index is 0.871. The predicted molar refractivity (Wildman–Crippen MR) is 254 cm³/mol. The van der Waals surface area contributed by atoms with Crippen molar-refractivity contribution in [3.05, 3.63) is 231 Å². The van der Waals surface area contributed by atoms with Crippen molar-refractivity contribution in [3.63, 3.8) is 0 Å². The van der Waals surface area contributed by atoms with Crippen LogP contribution in [-0.4, -0.2) is 17.2 Å². The molecule has 4 heteroatoms. The first-order valence-electron chi connectivity index (χ1n) is 20.6. The van der Waals surface area contributed by atoms with E-state index in [2.05, 4.69) is 240 Å². The number of rotatable bonds is 7. The first-order chi connectivity index (χ1) is 29.8. The highest BCUT2D eigenvalue weighted by Gasteiger charge is 2.41. The van der Waals surface area contributed by atoms with Gasteiger partial charge in [0.05, 0.1) is 21.9 Å². The molecule has 0 atom stereocenters. The van der Waals surface area contributed by atoms with Crippen LogP contribution in [0.2, 0.25) is 0 Å². The molecule has 9 aromatic carbocycles. The van der Waals surface area contributed by atoms with Gasteiger partial charge in [-0.2, -0.15) is 0 Å². The van der Waals surface area contributed by atoms with E-state index in [-0.39, 0.29) is 0 Å². The number of furan rings is 1. The summed E-state index contributed by atoms with van der Waals surface area (Å²) in [5, 5.41) is 11.4. The fraction of sp³-hybridized carbons (Fsp3) is 0. The Morgan fingerprint density at radius 1 is 0.317 bits per heavy atom. The van der Waals surface area contributed by atoms with Crippen molar-refractivity contribution < 1.29 is 4.42 Å². The Hall–Kier alpha value is -7.66. The van der Waals surface area contributed by atoms with Crippen LogP contribution >= 0.6 is 0 Å².